The minimum Gasteiger partial charge on any atom is -0.504 e. The van der Waals surface area contributed by atoms with Gasteiger partial charge in [0.15, 0.2) is 11.5 Å². The molecule has 2 aromatic rings. The number of aryl methyl sites for hydroxylation is 1. The summed E-state index contributed by atoms with van der Waals surface area (Å²) in [6, 6.07) is 5.20. The molecule has 0 atom stereocenters. The van der Waals surface area contributed by atoms with Gasteiger partial charge in [0.1, 0.15) is 5.00 Å². The molecule has 0 fully saturated rings. The Balaban J connectivity index is 2.01. The number of carbonyl (C=O) groups excluding carboxylic acids is 1. The lowest BCUT2D eigenvalue weighted by Crippen LogP contribution is -2.07. The third kappa shape index (κ3) is 3.01. The molecule has 0 unspecified atom stereocenters. The van der Waals surface area contributed by atoms with Crippen molar-refractivity contribution in [3.8, 4) is 11.5 Å². The molecule has 0 spiro atoms. The number of rotatable bonds is 4. The van der Waals surface area contributed by atoms with E-state index < -0.39 is 0 Å². The van der Waals surface area contributed by atoms with Crippen LogP contribution in [0.25, 0.3) is 0 Å². The Morgan fingerprint density at radius 3 is 2.83 bits per heavy atom. The van der Waals surface area contributed by atoms with Crippen LogP contribution in [-0.4, -0.2) is 31.5 Å². The highest BCUT2D eigenvalue weighted by molar-refractivity contribution is 7.16. The largest absolute Gasteiger partial charge is 0.504 e. The normalized spacial score (nSPS) is 13.8. The van der Waals surface area contributed by atoms with Crippen LogP contribution < -0.4 is 4.74 Å². The number of nitrogens with zero attached hydrogens (tertiary/aromatic N) is 1. The summed E-state index contributed by atoms with van der Waals surface area (Å²) in [6.07, 6.45) is 5.63. The molecule has 1 heterocycles. The van der Waals surface area contributed by atoms with Crippen molar-refractivity contribution in [1.82, 2.24) is 0 Å². The summed E-state index contributed by atoms with van der Waals surface area (Å²) in [7, 11) is 2.88. The quantitative estimate of drug-likeness (QED) is 0.674. The fourth-order valence-corrected chi connectivity index (χ4v) is 4.11. The number of phenolic OH excluding ortho intramolecular Hbond substituents is 1. The van der Waals surface area contributed by atoms with E-state index in [9.17, 15) is 9.90 Å². The molecule has 0 amide bonds. The van der Waals surface area contributed by atoms with E-state index in [1.54, 1.807) is 24.4 Å². The maximum Gasteiger partial charge on any atom is 0.341 e. The summed E-state index contributed by atoms with van der Waals surface area (Å²) in [5.74, 6) is 0.0683. The molecule has 126 valence electrons. The molecule has 0 saturated carbocycles. The van der Waals surface area contributed by atoms with E-state index >= 15 is 0 Å². The van der Waals surface area contributed by atoms with Gasteiger partial charge < -0.3 is 14.6 Å². The predicted molar refractivity (Wildman–Crippen MR) is 94.2 cm³/mol. The third-order valence-electron chi connectivity index (χ3n) is 4.11. The van der Waals surface area contributed by atoms with Crippen LogP contribution in [0.15, 0.2) is 23.2 Å². The van der Waals surface area contributed by atoms with Crippen LogP contribution in [0.4, 0.5) is 5.00 Å². The predicted octanol–water partition coefficient (Wildman–Crippen LogP) is 3.88. The van der Waals surface area contributed by atoms with Crippen LogP contribution in [0, 0.1) is 0 Å². The number of para-hydroxylation sites is 1. The van der Waals surface area contributed by atoms with Gasteiger partial charge in [-0.2, -0.15) is 0 Å². The second-order valence-electron chi connectivity index (χ2n) is 5.54. The number of benzene rings is 1. The molecule has 0 aliphatic heterocycles. The molecule has 24 heavy (non-hydrogen) atoms. The molecule has 0 saturated heterocycles. The number of carbonyl (C=O) groups is 1. The molecule has 0 bridgehead atoms. The van der Waals surface area contributed by atoms with E-state index in [-0.39, 0.29) is 11.7 Å². The molecule has 1 aliphatic carbocycles. The Morgan fingerprint density at radius 2 is 2.08 bits per heavy atom. The Bertz CT molecular complexity index is 795. The van der Waals surface area contributed by atoms with Crippen LogP contribution >= 0.6 is 11.3 Å². The lowest BCUT2D eigenvalue weighted by Gasteiger charge is -2.11. The lowest BCUT2D eigenvalue weighted by molar-refractivity contribution is 0.0601. The van der Waals surface area contributed by atoms with Gasteiger partial charge in [0.05, 0.1) is 19.8 Å². The van der Waals surface area contributed by atoms with Crippen molar-refractivity contribution < 1.29 is 19.4 Å². The number of aromatic hydroxyl groups is 1. The van der Waals surface area contributed by atoms with Crippen LogP contribution in [-0.2, 0) is 17.6 Å². The molecule has 3 rings (SSSR count). The Kier molecular flexibility index (Phi) is 4.85. The zero-order valence-corrected chi connectivity index (χ0v) is 14.5. The van der Waals surface area contributed by atoms with Crippen LogP contribution in [0.3, 0.4) is 0 Å². The van der Waals surface area contributed by atoms with Crippen molar-refractivity contribution >= 4 is 28.5 Å². The lowest BCUT2D eigenvalue weighted by atomic mass is 9.95. The Morgan fingerprint density at radius 1 is 1.29 bits per heavy atom. The van der Waals surface area contributed by atoms with Gasteiger partial charge in [-0.25, -0.2) is 9.79 Å². The van der Waals surface area contributed by atoms with Crippen LogP contribution in [0.5, 0.6) is 11.5 Å². The van der Waals surface area contributed by atoms with Gasteiger partial charge in [-0.05, 0) is 43.4 Å². The van der Waals surface area contributed by atoms with Crippen molar-refractivity contribution in [3.63, 3.8) is 0 Å². The summed E-state index contributed by atoms with van der Waals surface area (Å²) in [5, 5.41) is 10.8. The van der Waals surface area contributed by atoms with Gasteiger partial charge in [-0.1, -0.05) is 6.07 Å². The number of esters is 1. The number of hydrogen-bond donors (Lipinski definition) is 1. The van der Waals surface area contributed by atoms with Crippen molar-refractivity contribution in [2.24, 2.45) is 4.99 Å². The first-order chi connectivity index (χ1) is 11.7. The summed E-state index contributed by atoms with van der Waals surface area (Å²) in [6.45, 7) is 0. The topological polar surface area (TPSA) is 68.1 Å². The van der Waals surface area contributed by atoms with Crippen LogP contribution in [0.2, 0.25) is 0 Å². The highest BCUT2D eigenvalue weighted by Gasteiger charge is 2.25. The van der Waals surface area contributed by atoms with Crippen molar-refractivity contribution in [2.75, 3.05) is 14.2 Å². The van der Waals surface area contributed by atoms with Gasteiger partial charge >= 0.3 is 5.97 Å². The number of aliphatic imine (C=N–C) groups is 1. The maximum atomic E-state index is 12.2. The van der Waals surface area contributed by atoms with Crippen molar-refractivity contribution in [3.05, 3.63) is 39.8 Å². The first kappa shape index (κ1) is 16.5. The average molecular weight is 345 g/mol. The average Bonchev–Trinajstić information content (AvgIpc) is 2.98. The smallest absolute Gasteiger partial charge is 0.341 e. The first-order valence-electron chi connectivity index (χ1n) is 7.78. The molecular weight excluding hydrogens is 326 g/mol. The van der Waals surface area contributed by atoms with Crippen molar-refractivity contribution in [1.29, 1.82) is 0 Å². The molecule has 1 N–H and O–H groups in total. The summed E-state index contributed by atoms with van der Waals surface area (Å²) in [4.78, 5) is 17.9. The Labute approximate surface area is 144 Å². The van der Waals surface area contributed by atoms with Gasteiger partial charge in [0.25, 0.3) is 0 Å². The number of ether oxygens (including phenoxy) is 2. The minimum absolute atomic E-state index is 0.0321. The highest BCUT2D eigenvalue weighted by atomic mass is 32.1. The highest BCUT2D eigenvalue weighted by Crippen LogP contribution is 2.40. The minimum atomic E-state index is -0.351. The number of methoxy groups -OCH3 is 2. The second kappa shape index (κ2) is 7.05. The number of hydrogen-bond acceptors (Lipinski definition) is 6. The molecular formula is C18H19NO4S. The first-order valence-corrected chi connectivity index (χ1v) is 8.60. The summed E-state index contributed by atoms with van der Waals surface area (Å²) < 4.78 is 10.0. The number of fused-ring (bicyclic) bond motifs is 1. The molecule has 1 aliphatic rings. The fraction of sp³-hybridized carbons (Fsp3) is 0.333. The van der Waals surface area contributed by atoms with Crippen molar-refractivity contribution in [2.45, 2.75) is 25.7 Å². The van der Waals surface area contributed by atoms with E-state index in [1.165, 1.54) is 30.4 Å². The van der Waals surface area contributed by atoms with E-state index in [2.05, 4.69) is 4.99 Å². The van der Waals surface area contributed by atoms with E-state index in [4.69, 9.17) is 9.47 Å². The monoisotopic (exact) mass is 345 g/mol. The van der Waals surface area contributed by atoms with E-state index in [0.717, 1.165) is 31.2 Å². The fourth-order valence-electron chi connectivity index (χ4n) is 2.89. The molecule has 6 heteroatoms. The zero-order chi connectivity index (χ0) is 17.1. The molecule has 1 aromatic carbocycles. The second-order valence-corrected chi connectivity index (χ2v) is 6.62. The van der Waals surface area contributed by atoms with E-state index in [1.807, 2.05) is 0 Å². The van der Waals surface area contributed by atoms with Gasteiger partial charge in [0, 0.05) is 16.7 Å². The molecule has 0 radical (unpaired) electrons. The maximum absolute atomic E-state index is 12.2. The van der Waals surface area contributed by atoms with Crippen LogP contribution in [0.1, 0.15) is 39.2 Å². The molecule has 1 aromatic heterocycles. The van der Waals surface area contributed by atoms with Gasteiger partial charge in [-0.3, -0.25) is 0 Å². The van der Waals surface area contributed by atoms with Gasteiger partial charge in [-0.15, -0.1) is 11.3 Å². The SMILES string of the molecule is COC(=O)c1c(/N=C/c2cccc(OC)c2O)sc2c1CCCC2. The standard InChI is InChI=1S/C18H19NO4S/c1-22-13-8-5-6-11(16(13)20)10-19-17-15(18(21)23-2)12-7-3-4-9-14(12)24-17/h5-6,8,10,20H,3-4,7,9H2,1-2H3/b19-10+. The number of thiophene rings is 1. The van der Waals surface area contributed by atoms with Gasteiger partial charge in [0.2, 0.25) is 0 Å². The summed E-state index contributed by atoms with van der Waals surface area (Å²) >= 11 is 1.53. The zero-order valence-electron chi connectivity index (χ0n) is 13.7. The third-order valence-corrected chi connectivity index (χ3v) is 5.31. The van der Waals surface area contributed by atoms with E-state index in [0.29, 0.717) is 21.9 Å². The summed E-state index contributed by atoms with van der Waals surface area (Å²) in [5.41, 5.74) is 2.17. The molecule has 5 nitrogen and oxygen atoms in total. The number of phenols is 1. The Hall–Kier alpha value is -2.34.